The van der Waals surface area contributed by atoms with Crippen molar-refractivity contribution in [2.45, 2.75) is 64.8 Å². The number of allylic oxidation sites excluding steroid dienone is 3. The molecule has 2 unspecified atom stereocenters. The molecule has 1 aliphatic carbocycles. The monoisotopic (exact) mass is 489 g/mol. The van der Waals surface area contributed by atoms with Crippen LogP contribution in [0.1, 0.15) is 52.0 Å². The van der Waals surface area contributed by atoms with Crippen molar-refractivity contribution in [2.75, 3.05) is 11.4 Å². The third-order valence-electron chi connectivity index (χ3n) is 7.33. The smallest absolute Gasteiger partial charge is 0.238 e. The minimum atomic E-state index is 0.395. The van der Waals surface area contributed by atoms with E-state index in [1.54, 1.807) is 5.01 Å². The number of nitrogens with zero attached hydrogens (tertiary/aromatic N) is 2. The van der Waals surface area contributed by atoms with E-state index < -0.39 is 0 Å². The molecule has 0 N–H and O–H groups in total. The van der Waals surface area contributed by atoms with Gasteiger partial charge in [0.2, 0.25) is 10.5 Å². The molecule has 2 aliphatic rings. The molecule has 1 aromatic heterocycles. The van der Waals surface area contributed by atoms with E-state index in [0.29, 0.717) is 11.3 Å². The zero-order valence-corrected chi connectivity index (χ0v) is 22.6. The SMILES string of the molecule is CCN1C(=CC=CC2CC(Cc3sc4ccccc4[n+]3CC)CC(C)(C)C2)Sc2ccccc21. The van der Waals surface area contributed by atoms with Gasteiger partial charge in [0.1, 0.15) is 11.2 Å². The van der Waals surface area contributed by atoms with Crippen LogP contribution in [0.2, 0.25) is 0 Å². The molecule has 4 heteroatoms. The Labute approximate surface area is 213 Å². The number of anilines is 1. The zero-order chi connectivity index (χ0) is 23.7. The van der Waals surface area contributed by atoms with Crippen molar-refractivity contribution in [1.82, 2.24) is 0 Å². The summed E-state index contributed by atoms with van der Waals surface area (Å²) in [6.07, 6.45) is 12.3. The molecule has 2 heterocycles. The molecule has 3 aromatic rings. The summed E-state index contributed by atoms with van der Waals surface area (Å²) in [5, 5.41) is 2.90. The maximum atomic E-state index is 2.55. The number of aryl methyl sites for hydroxylation is 1. The van der Waals surface area contributed by atoms with Crippen LogP contribution < -0.4 is 9.47 Å². The van der Waals surface area contributed by atoms with Crippen molar-refractivity contribution in [3.05, 3.63) is 76.8 Å². The normalized spacial score (nSPS) is 23.3. The lowest BCUT2D eigenvalue weighted by molar-refractivity contribution is -0.671. The van der Waals surface area contributed by atoms with E-state index in [0.717, 1.165) is 19.0 Å². The van der Waals surface area contributed by atoms with E-state index in [2.05, 4.69) is 104 Å². The second kappa shape index (κ2) is 9.91. The number of para-hydroxylation sites is 2. The van der Waals surface area contributed by atoms with Gasteiger partial charge >= 0.3 is 0 Å². The number of aromatic nitrogens is 1. The molecule has 0 bridgehead atoms. The van der Waals surface area contributed by atoms with Crippen LogP contribution in [0.5, 0.6) is 0 Å². The lowest BCUT2D eigenvalue weighted by Gasteiger charge is -2.39. The van der Waals surface area contributed by atoms with Crippen LogP contribution in [0.15, 0.2) is 76.7 Å². The molecule has 2 atom stereocenters. The lowest BCUT2D eigenvalue weighted by Crippen LogP contribution is -2.37. The lowest BCUT2D eigenvalue weighted by atomic mass is 9.66. The third-order valence-corrected chi connectivity index (χ3v) is 9.65. The molecule has 5 rings (SSSR count). The first-order valence-corrected chi connectivity index (χ1v) is 14.4. The highest BCUT2D eigenvalue weighted by atomic mass is 32.2. The fourth-order valence-electron chi connectivity index (χ4n) is 6.10. The largest absolute Gasteiger partial charge is 0.335 e. The number of hydrogen-bond acceptors (Lipinski definition) is 3. The van der Waals surface area contributed by atoms with Crippen molar-refractivity contribution >= 4 is 39.0 Å². The maximum absolute atomic E-state index is 2.55. The zero-order valence-electron chi connectivity index (χ0n) is 21.0. The van der Waals surface area contributed by atoms with Gasteiger partial charge in [-0.1, -0.05) is 73.4 Å². The second-order valence-corrected chi connectivity index (χ2v) is 12.7. The fraction of sp³-hybridized carbons (Fsp3) is 0.433. The Morgan fingerprint density at radius 3 is 2.68 bits per heavy atom. The number of fused-ring (bicyclic) bond motifs is 2. The molecule has 0 spiro atoms. The first kappa shape index (κ1) is 23.7. The summed E-state index contributed by atoms with van der Waals surface area (Å²) in [5.74, 6) is 1.40. The van der Waals surface area contributed by atoms with Gasteiger partial charge in [0.05, 0.1) is 10.7 Å². The Balaban J connectivity index is 1.31. The molecule has 2 nitrogen and oxygen atoms in total. The predicted octanol–water partition coefficient (Wildman–Crippen LogP) is 8.22. The summed E-state index contributed by atoms with van der Waals surface area (Å²) in [5.41, 5.74) is 3.15. The van der Waals surface area contributed by atoms with Crippen molar-refractivity contribution in [3.63, 3.8) is 0 Å². The third kappa shape index (κ3) is 4.85. The van der Waals surface area contributed by atoms with Crippen LogP contribution >= 0.6 is 23.1 Å². The van der Waals surface area contributed by atoms with Crippen LogP contribution in [0.25, 0.3) is 10.2 Å². The molecule has 1 fully saturated rings. The standard InChI is InChI=1S/C30H37N2S2/c1-5-31-24-13-7-9-15-26(24)33-28(31)17-11-12-22-18-23(21-30(3,4)20-22)19-29-32(6-2)25-14-8-10-16-27(25)34-29/h7-17,22-23H,5-6,18-21H2,1-4H3/q+1. The number of thioether (sulfide) groups is 1. The highest BCUT2D eigenvalue weighted by Crippen LogP contribution is 2.46. The topological polar surface area (TPSA) is 7.12 Å². The van der Waals surface area contributed by atoms with Gasteiger partial charge in [0, 0.05) is 23.9 Å². The van der Waals surface area contributed by atoms with Crippen LogP contribution in [0, 0.1) is 17.3 Å². The van der Waals surface area contributed by atoms with Crippen molar-refractivity contribution in [1.29, 1.82) is 0 Å². The van der Waals surface area contributed by atoms with E-state index in [1.165, 1.54) is 51.5 Å². The summed E-state index contributed by atoms with van der Waals surface area (Å²) in [4.78, 5) is 3.80. The molecule has 1 aliphatic heterocycles. The van der Waals surface area contributed by atoms with Gasteiger partial charge in [0.15, 0.2) is 0 Å². The summed E-state index contributed by atoms with van der Waals surface area (Å²) in [6.45, 7) is 11.5. The second-order valence-electron chi connectivity index (χ2n) is 10.6. The minimum absolute atomic E-state index is 0.395. The Morgan fingerprint density at radius 2 is 1.85 bits per heavy atom. The van der Waals surface area contributed by atoms with E-state index in [1.807, 2.05) is 23.1 Å². The molecule has 1 saturated carbocycles. The Kier molecular flexibility index (Phi) is 6.90. The Bertz CT molecular complexity index is 1220. The Morgan fingerprint density at radius 1 is 1.06 bits per heavy atom. The van der Waals surface area contributed by atoms with Crippen LogP contribution in [-0.4, -0.2) is 6.54 Å². The first-order valence-electron chi connectivity index (χ1n) is 12.8. The van der Waals surface area contributed by atoms with E-state index in [9.17, 15) is 0 Å². The minimum Gasteiger partial charge on any atom is -0.335 e. The van der Waals surface area contributed by atoms with Gasteiger partial charge in [-0.3, -0.25) is 0 Å². The molecule has 0 saturated heterocycles. The van der Waals surface area contributed by atoms with Gasteiger partial charge in [-0.15, -0.1) is 0 Å². The highest BCUT2D eigenvalue weighted by molar-refractivity contribution is 8.03. The average molecular weight is 490 g/mol. The number of rotatable bonds is 6. The number of benzene rings is 2. The molecule has 178 valence electrons. The van der Waals surface area contributed by atoms with Gasteiger partial charge in [-0.05, 0) is 74.6 Å². The molecular formula is C30H37N2S2+. The summed E-state index contributed by atoms with van der Waals surface area (Å²) >= 11 is 3.90. The van der Waals surface area contributed by atoms with Gasteiger partial charge in [-0.25, -0.2) is 0 Å². The van der Waals surface area contributed by atoms with E-state index in [-0.39, 0.29) is 0 Å². The van der Waals surface area contributed by atoms with Gasteiger partial charge in [0.25, 0.3) is 0 Å². The molecular weight excluding hydrogens is 452 g/mol. The summed E-state index contributed by atoms with van der Waals surface area (Å²) < 4.78 is 3.97. The molecule has 0 radical (unpaired) electrons. The van der Waals surface area contributed by atoms with Crippen LogP contribution in [-0.2, 0) is 13.0 Å². The summed E-state index contributed by atoms with van der Waals surface area (Å²) in [6, 6.07) is 17.7. The van der Waals surface area contributed by atoms with E-state index in [4.69, 9.17) is 0 Å². The van der Waals surface area contributed by atoms with Crippen LogP contribution in [0.3, 0.4) is 0 Å². The predicted molar refractivity (Wildman–Crippen MR) is 149 cm³/mol. The number of thiazole rings is 1. The van der Waals surface area contributed by atoms with Gasteiger partial charge in [-0.2, -0.15) is 4.57 Å². The quantitative estimate of drug-likeness (QED) is 0.322. The van der Waals surface area contributed by atoms with Gasteiger partial charge < -0.3 is 4.90 Å². The molecule has 34 heavy (non-hydrogen) atoms. The van der Waals surface area contributed by atoms with Crippen molar-refractivity contribution in [3.8, 4) is 0 Å². The fourth-order valence-corrected chi connectivity index (χ4v) is 8.58. The van der Waals surface area contributed by atoms with Crippen molar-refractivity contribution < 1.29 is 4.57 Å². The average Bonchev–Trinajstić information content (AvgIpc) is 3.34. The van der Waals surface area contributed by atoms with E-state index >= 15 is 0 Å². The Hall–Kier alpha value is -2.04. The first-order chi connectivity index (χ1) is 16.5. The maximum Gasteiger partial charge on any atom is 0.238 e. The molecule has 2 aromatic carbocycles. The van der Waals surface area contributed by atoms with Crippen LogP contribution in [0.4, 0.5) is 5.69 Å². The number of hydrogen-bond donors (Lipinski definition) is 0. The molecule has 0 amide bonds. The highest BCUT2D eigenvalue weighted by Gasteiger charge is 2.35. The summed E-state index contributed by atoms with van der Waals surface area (Å²) in [7, 11) is 0. The van der Waals surface area contributed by atoms with Crippen molar-refractivity contribution in [2.24, 2.45) is 17.3 Å².